The Labute approximate surface area is 234 Å². The van der Waals surface area contributed by atoms with E-state index in [1.807, 2.05) is 41.5 Å². The van der Waals surface area contributed by atoms with Crippen molar-refractivity contribution < 1.29 is 26.6 Å². The molecule has 0 radical (unpaired) electrons. The average Bonchev–Trinajstić information content (AvgIpc) is 2.82. The summed E-state index contributed by atoms with van der Waals surface area (Å²) in [5, 5.41) is 0. The van der Waals surface area contributed by atoms with E-state index in [2.05, 4.69) is 24.2 Å². The second kappa shape index (κ2) is 22.1. The lowest BCUT2D eigenvalue weighted by Gasteiger charge is -2.34. The first kappa shape index (κ1) is 37.4. The minimum absolute atomic E-state index is 0.658. The molecular formula is C27H63NO6Si3. The van der Waals surface area contributed by atoms with Gasteiger partial charge in [-0.2, -0.15) is 0 Å². The summed E-state index contributed by atoms with van der Waals surface area (Å²) in [7, 11) is -6.30. The molecule has 0 aromatic carbocycles. The lowest BCUT2D eigenvalue weighted by Crippen LogP contribution is -2.47. The maximum absolute atomic E-state index is 6.00. The Hall–Kier alpha value is 0.371. The Balaban J connectivity index is 4.40. The molecule has 0 heterocycles. The standard InChI is InChI=1S/C27H63NO6Si3/c1-10-29-36(30-11-2,31-12-3)26-22-18-16-20-24-28(35(7,8)9)25-21-17-19-23-27-37(32-13-4,33-14-5)34-15-6/h10-27H2,1-9H3. The third-order valence-electron chi connectivity index (χ3n) is 6.46. The summed E-state index contributed by atoms with van der Waals surface area (Å²) in [6.45, 7) is 26.0. The van der Waals surface area contributed by atoms with E-state index >= 15 is 0 Å². The zero-order chi connectivity index (χ0) is 28.0. The van der Waals surface area contributed by atoms with Gasteiger partial charge in [0.05, 0.1) is 0 Å². The summed E-state index contributed by atoms with van der Waals surface area (Å²) in [5.41, 5.74) is 0. The van der Waals surface area contributed by atoms with Crippen molar-refractivity contribution in [2.45, 2.75) is 125 Å². The van der Waals surface area contributed by atoms with E-state index in [4.69, 9.17) is 26.6 Å². The summed E-state index contributed by atoms with van der Waals surface area (Å²) in [4.78, 5) is 0. The predicted octanol–water partition coefficient (Wildman–Crippen LogP) is 7.34. The molecule has 0 spiro atoms. The van der Waals surface area contributed by atoms with E-state index in [9.17, 15) is 0 Å². The lowest BCUT2D eigenvalue weighted by atomic mass is 10.2. The molecule has 37 heavy (non-hydrogen) atoms. The quantitative estimate of drug-likeness (QED) is 0.0743. The summed E-state index contributed by atoms with van der Waals surface area (Å²) < 4.78 is 38.8. The van der Waals surface area contributed by atoms with E-state index in [-0.39, 0.29) is 0 Å². The monoisotopic (exact) mass is 581 g/mol. The number of hydrogen-bond donors (Lipinski definition) is 0. The van der Waals surface area contributed by atoms with Gasteiger partial charge in [-0.15, -0.1) is 0 Å². The fourth-order valence-corrected chi connectivity index (χ4v) is 11.8. The molecule has 0 unspecified atom stereocenters. The number of unbranched alkanes of at least 4 members (excludes halogenated alkanes) is 6. The first-order valence-electron chi connectivity index (χ1n) is 15.3. The molecule has 0 aromatic heterocycles. The molecule has 0 amide bonds. The Morgan fingerprint density at radius 2 is 0.676 bits per heavy atom. The fourth-order valence-electron chi connectivity index (χ4n) is 4.78. The summed E-state index contributed by atoms with van der Waals surface area (Å²) >= 11 is 0. The molecule has 0 saturated carbocycles. The molecule has 0 aliphatic carbocycles. The molecule has 0 rings (SSSR count). The summed E-state index contributed by atoms with van der Waals surface area (Å²) in [5.74, 6) is 0. The molecule has 0 aliphatic rings. The third kappa shape index (κ3) is 16.9. The fraction of sp³-hybridized carbons (Fsp3) is 1.00. The normalized spacial score (nSPS) is 13.1. The van der Waals surface area contributed by atoms with Crippen LogP contribution in [0.15, 0.2) is 0 Å². The maximum atomic E-state index is 6.00. The van der Waals surface area contributed by atoms with Crippen LogP contribution in [0.1, 0.15) is 92.9 Å². The van der Waals surface area contributed by atoms with Gasteiger partial charge < -0.3 is 31.1 Å². The zero-order valence-corrected chi connectivity index (χ0v) is 29.1. The second-order valence-corrected chi connectivity index (χ2v) is 20.9. The van der Waals surface area contributed by atoms with Gasteiger partial charge in [-0.25, -0.2) is 0 Å². The van der Waals surface area contributed by atoms with Gasteiger partial charge in [0.1, 0.15) is 8.24 Å². The number of rotatable bonds is 27. The first-order chi connectivity index (χ1) is 17.7. The highest BCUT2D eigenvalue weighted by atomic mass is 28.4. The minimum atomic E-state index is -2.49. The van der Waals surface area contributed by atoms with Crippen molar-refractivity contribution in [3.63, 3.8) is 0 Å². The van der Waals surface area contributed by atoms with E-state index in [0.717, 1.165) is 24.9 Å². The van der Waals surface area contributed by atoms with Crippen molar-refractivity contribution in [1.82, 2.24) is 4.57 Å². The molecule has 224 valence electrons. The second-order valence-electron chi connectivity index (χ2n) is 10.5. The summed E-state index contributed by atoms with van der Waals surface area (Å²) in [6, 6.07) is 1.86. The largest absolute Gasteiger partial charge is 0.500 e. The van der Waals surface area contributed by atoms with Crippen molar-refractivity contribution in [2.24, 2.45) is 0 Å². The van der Waals surface area contributed by atoms with Gasteiger partial charge in [-0.3, -0.25) is 0 Å². The van der Waals surface area contributed by atoms with Gasteiger partial charge >= 0.3 is 17.6 Å². The van der Waals surface area contributed by atoms with Gasteiger partial charge in [0, 0.05) is 51.7 Å². The highest BCUT2D eigenvalue weighted by molar-refractivity contribution is 6.73. The van der Waals surface area contributed by atoms with E-state index in [1.165, 1.54) is 51.6 Å². The van der Waals surface area contributed by atoms with Crippen LogP contribution in [0.2, 0.25) is 31.7 Å². The average molecular weight is 582 g/mol. The third-order valence-corrected chi connectivity index (χ3v) is 15.1. The molecule has 0 N–H and O–H groups in total. The van der Waals surface area contributed by atoms with Crippen LogP contribution < -0.4 is 0 Å². The SMILES string of the molecule is CCO[Si](CCCCCCN(CCCCCC[Si](OCC)(OCC)OCC)[Si](C)(C)C)(OCC)OCC. The molecule has 0 aromatic rings. The predicted molar refractivity (Wildman–Crippen MR) is 163 cm³/mol. The molecule has 0 atom stereocenters. The molecule has 7 nitrogen and oxygen atoms in total. The van der Waals surface area contributed by atoms with Crippen LogP contribution in [0, 0.1) is 0 Å². The molecule has 0 fully saturated rings. The molecule has 0 saturated heterocycles. The molecule has 0 aliphatic heterocycles. The van der Waals surface area contributed by atoms with Crippen LogP contribution in [0.5, 0.6) is 0 Å². The topological polar surface area (TPSA) is 58.6 Å². The van der Waals surface area contributed by atoms with E-state index < -0.39 is 25.8 Å². The lowest BCUT2D eigenvalue weighted by molar-refractivity contribution is 0.0698. The van der Waals surface area contributed by atoms with Crippen LogP contribution in [-0.2, 0) is 26.6 Å². The zero-order valence-electron chi connectivity index (χ0n) is 26.1. The van der Waals surface area contributed by atoms with E-state index in [0.29, 0.717) is 39.6 Å². The molecule has 0 bridgehead atoms. The Bertz CT molecular complexity index is 453. The van der Waals surface area contributed by atoms with Crippen molar-refractivity contribution in [3.05, 3.63) is 0 Å². The van der Waals surface area contributed by atoms with Crippen LogP contribution in [0.4, 0.5) is 0 Å². The van der Waals surface area contributed by atoms with Gasteiger partial charge in [0.2, 0.25) is 0 Å². The van der Waals surface area contributed by atoms with Crippen molar-refractivity contribution in [3.8, 4) is 0 Å². The summed E-state index contributed by atoms with van der Waals surface area (Å²) in [6.07, 6.45) is 9.72. The Morgan fingerprint density at radius 3 is 0.919 bits per heavy atom. The van der Waals surface area contributed by atoms with Gasteiger partial charge in [-0.1, -0.05) is 45.3 Å². The smallest absolute Gasteiger partial charge is 0.374 e. The van der Waals surface area contributed by atoms with Crippen LogP contribution in [-0.4, -0.2) is 83.1 Å². The maximum Gasteiger partial charge on any atom is 0.500 e. The Morgan fingerprint density at radius 1 is 0.405 bits per heavy atom. The van der Waals surface area contributed by atoms with Crippen molar-refractivity contribution in [1.29, 1.82) is 0 Å². The van der Waals surface area contributed by atoms with E-state index in [1.54, 1.807) is 0 Å². The van der Waals surface area contributed by atoms with Gasteiger partial charge in [0.15, 0.2) is 0 Å². The Kier molecular flexibility index (Phi) is 22.3. The highest BCUT2D eigenvalue weighted by Gasteiger charge is 2.40. The molecular weight excluding hydrogens is 519 g/mol. The number of hydrogen-bond acceptors (Lipinski definition) is 7. The van der Waals surface area contributed by atoms with Crippen LogP contribution >= 0.6 is 0 Å². The van der Waals surface area contributed by atoms with Crippen molar-refractivity contribution >= 4 is 25.8 Å². The number of nitrogens with zero attached hydrogens (tertiary/aromatic N) is 1. The van der Waals surface area contributed by atoms with Crippen LogP contribution in [0.3, 0.4) is 0 Å². The highest BCUT2D eigenvalue weighted by Crippen LogP contribution is 2.22. The van der Waals surface area contributed by atoms with Crippen LogP contribution in [0.25, 0.3) is 0 Å². The first-order valence-corrected chi connectivity index (χ1v) is 22.6. The van der Waals surface area contributed by atoms with Crippen molar-refractivity contribution in [2.75, 3.05) is 52.7 Å². The van der Waals surface area contributed by atoms with Gasteiger partial charge in [0.25, 0.3) is 0 Å². The van der Waals surface area contributed by atoms with Gasteiger partial charge in [-0.05, 0) is 80.3 Å². The minimum Gasteiger partial charge on any atom is -0.374 e. The molecule has 10 heteroatoms.